The lowest BCUT2D eigenvalue weighted by Gasteiger charge is -2.62. The highest BCUT2D eigenvalue weighted by molar-refractivity contribution is 5.10. The summed E-state index contributed by atoms with van der Waals surface area (Å²) in [6.07, 6.45) is 18.0. The third-order valence-electron chi connectivity index (χ3n) is 10.3. The standard InChI is InChI=1S/C25H44O/c1-5-6-7-8-18-10-12-21-20-11-9-19-17-23(2,26)15-16-25(19,4)22(20)13-14-24(18,21)3/h18-22,26H,5-17H2,1-4H3/t18-,19?,20-,21?,22-,23-,24?,25?/m0/s1. The molecule has 1 N–H and O–H groups in total. The van der Waals surface area contributed by atoms with Gasteiger partial charge in [0.05, 0.1) is 5.60 Å². The molecule has 0 aromatic carbocycles. The Labute approximate surface area is 162 Å². The van der Waals surface area contributed by atoms with Gasteiger partial charge in [0.15, 0.2) is 0 Å². The van der Waals surface area contributed by atoms with E-state index >= 15 is 0 Å². The molecule has 0 spiro atoms. The fourth-order valence-electron chi connectivity index (χ4n) is 8.65. The first-order chi connectivity index (χ1) is 12.3. The second-order valence-electron chi connectivity index (χ2n) is 11.7. The normalized spacial score (nSPS) is 53.7. The van der Waals surface area contributed by atoms with Crippen LogP contribution in [-0.4, -0.2) is 10.7 Å². The average molecular weight is 361 g/mol. The lowest BCUT2D eigenvalue weighted by atomic mass is 9.44. The van der Waals surface area contributed by atoms with Gasteiger partial charge in [-0.05, 0) is 112 Å². The van der Waals surface area contributed by atoms with E-state index in [2.05, 4.69) is 27.7 Å². The van der Waals surface area contributed by atoms with Crippen molar-refractivity contribution in [2.75, 3.05) is 0 Å². The molecule has 4 fully saturated rings. The molecular formula is C25H44O. The average Bonchev–Trinajstić information content (AvgIpc) is 2.92. The predicted octanol–water partition coefficient (Wildman–Crippen LogP) is 6.98. The fraction of sp³-hybridized carbons (Fsp3) is 1.00. The first-order valence-corrected chi connectivity index (χ1v) is 12.0. The highest BCUT2D eigenvalue weighted by Gasteiger charge is 2.60. The van der Waals surface area contributed by atoms with Gasteiger partial charge >= 0.3 is 0 Å². The molecule has 0 bridgehead atoms. The van der Waals surface area contributed by atoms with Crippen LogP contribution in [0.15, 0.2) is 0 Å². The van der Waals surface area contributed by atoms with Crippen molar-refractivity contribution in [2.24, 2.45) is 40.4 Å². The summed E-state index contributed by atoms with van der Waals surface area (Å²) >= 11 is 0. The van der Waals surface area contributed by atoms with Gasteiger partial charge < -0.3 is 5.11 Å². The molecule has 4 unspecified atom stereocenters. The molecule has 26 heavy (non-hydrogen) atoms. The van der Waals surface area contributed by atoms with Gasteiger partial charge in [-0.25, -0.2) is 0 Å². The minimum absolute atomic E-state index is 0.391. The predicted molar refractivity (Wildman–Crippen MR) is 110 cm³/mol. The van der Waals surface area contributed by atoms with E-state index in [4.69, 9.17) is 0 Å². The van der Waals surface area contributed by atoms with Crippen molar-refractivity contribution in [3.63, 3.8) is 0 Å². The second kappa shape index (κ2) is 6.78. The molecule has 0 aromatic rings. The topological polar surface area (TPSA) is 20.2 Å². The first-order valence-electron chi connectivity index (χ1n) is 12.0. The van der Waals surface area contributed by atoms with E-state index in [1.807, 2.05) is 0 Å². The summed E-state index contributed by atoms with van der Waals surface area (Å²) in [5.74, 6) is 4.74. The molecule has 150 valence electrons. The van der Waals surface area contributed by atoms with Crippen molar-refractivity contribution in [3.05, 3.63) is 0 Å². The first kappa shape index (κ1) is 19.3. The van der Waals surface area contributed by atoms with Gasteiger partial charge in [-0.3, -0.25) is 0 Å². The van der Waals surface area contributed by atoms with Gasteiger partial charge in [0.1, 0.15) is 0 Å². The summed E-state index contributed by atoms with van der Waals surface area (Å²) in [4.78, 5) is 0. The highest BCUT2D eigenvalue weighted by atomic mass is 16.3. The van der Waals surface area contributed by atoms with Gasteiger partial charge in [0.2, 0.25) is 0 Å². The van der Waals surface area contributed by atoms with Crippen LogP contribution in [0.1, 0.15) is 111 Å². The summed E-state index contributed by atoms with van der Waals surface area (Å²) in [7, 11) is 0. The van der Waals surface area contributed by atoms with Crippen LogP contribution in [0.5, 0.6) is 0 Å². The van der Waals surface area contributed by atoms with Crippen molar-refractivity contribution in [3.8, 4) is 0 Å². The molecule has 0 amide bonds. The minimum atomic E-state index is -0.391. The molecule has 0 radical (unpaired) electrons. The molecule has 0 saturated heterocycles. The van der Waals surface area contributed by atoms with E-state index in [9.17, 15) is 5.11 Å². The highest BCUT2D eigenvalue weighted by Crippen LogP contribution is 2.68. The SMILES string of the molecule is CCCCC[C@H]1CCC2[C@@H]3CCC4C[C@@](C)(O)CCC4(C)[C@H]3CCC21C. The van der Waals surface area contributed by atoms with Gasteiger partial charge in [0.25, 0.3) is 0 Å². The maximum Gasteiger partial charge on any atom is 0.0622 e. The molecule has 4 aliphatic carbocycles. The molecule has 8 atom stereocenters. The molecular weight excluding hydrogens is 316 g/mol. The van der Waals surface area contributed by atoms with E-state index in [0.29, 0.717) is 10.8 Å². The van der Waals surface area contributed by atoms with Crippen LogP contribution in [0.4, 0.5) is 0 Å². The monoisotopic (exact) mass is 360 g/mol. The smallest absolute Gasteiger partial charge is 0.0622 e. The van der Waals surface area contributed by atoms with Crippen LogP contribution < -0.4 is 0 Å². The fourth-order valence-corrected chi connectivity index (χ4v) is 8.65. The zero-order valence-electron chi connectivity index (χ0n) is 18.0. The number of fused-ring (bicyclic) bond motifs is 5. The molecule has 4 rings (SSSR count). The Kier molecular flexibility index (Phi) is 5.03. The largest absolute Gasteiger partial charge is 0.390 e. The van der Waals surface area contributed by atoms with E-state index < -0.39 is 5.60 Å². The number of unbranched alkanes of at least 4 members (excludes halogenated alkanes) is 2. The van der Waals surface area contributed by atoms with Crippen LogP contribution in [-0.2, 0) is 0 Å². The lowest BCUT2D eigenvalue weighted by Crippen LogP contribution is -2.55. The van der Waals surface area contributed by atoms with Gasteiger partial charge in [0, 0.05) is 0 Å². The maximum atomic E-state index is 10.7. The summed E-state index contributed by atoms with van der Waals surface area (Å²) in [5.41, 5.74) is 0.781. The van der Waals surface area contributed by atoms with Crippen LogP contribution >= 0.6 is 0 Å². The quantitative estimate of drug-likeness (QED) is 0.536. The zero-order valence-corrected chi connectivity index (χ0v) is 18.0. The van der Waals surface area contributed by atoms with Crippen molar-refractivity contribution in [1.29, 1.82) is 0 Å². The third kappa shape index (κ3) is 2.99. The lowest BCUT2D eigenvalue weighted by molar-refractivity contribution is -0.146. The molecule has 0 aliphatic heterocycles. The van der Waals surface area contributed by atoms with E-state index in [0.717, 1.165) is 42.4 Å². The number of hydrogen-bond acceptors (Lipinski definition) is 1. The van der Waals surface area contributed by atoms with Crippen LogP contribution in [0.3, 0.4) is 0 Å². The molecule has 1 nitrogen and oxygen atoms in total. The Bertz CT molecular complexity index is 510. The Morgan fingerprint density at radius 3 is 2.35 bits per heavy atom. The number of rotatable bonds is 4. The Hall–Kier alpha value is -0.0400. The zero-order chi connectivity index (χ0) is 18.6. The van der Waals surface area contributed by atoms with E-state index in [-0.39, 0.29) is 0 Å². The third-order valence-corrected chi connectivity index (χ3v) is 10.3. The van der Waals surface area contributed by atoms with E-state index in [1.54, 1.807) is 0 Å². The second-order valence-corrected chi connectivity index (χ2v) is 11.7. The molecule has 1 heteroatoms. The van der Waals surface area contributed by atoms with Crippen molar-refractivity contribution < 1.29 is 5.11 Å². The summed E-state index contributed by atoms with van der Waals surface area (Å²) in [6.45, 7) is 9.75. The Morgan fingerprint density at radius 1 is 0.808 bits per heavy atom. The van der Waals surface area contributed by atoms with E-state index in [1.165, 1.54) is 70.6 Å². The van der Waals surface area contributed by atoms with Crippen molar-refractivity contribution in [1.82, 2.24) is 0 Å². The number of aliphatic hydroxyl groups is 1. The Balaban J connectivity index is 1.50. The van der Waals surface area contributed by atoms with Crippen molar-refractivity contribution in [2.45, 2.75) is 117 Å². The molecule has 0 heterocycles. The summed E-state index contributed by atoms with van der Waals surface area (Å²) < 4.78 is 0. The Morgan fingerprint density at radius 2 is 1.58 bits per heavy atom. The minimum Gasteiger partial charge on any atom is -0.390 e. The maximum absolute atomic E-state index is 10.7. The molecule has 4 aliphatic rings. The van der Waals surface area contributed by atoms with Gasteiger partial charge in [-0.2, -0.15) is 0 Å². The number of hydrogen-bond donors (Lipinski definition) is 1. The van der Waals surface area contributed by atoms with Crippen molar-refractivity contribution >= 4 is 0 Å². The summed E-state index contributed by atoms with van der Waals surface area (Å²) in [6, 6.07) is 0. The van der Waals surface area contributed by atoms with Crippen LogP contribution in [0.2, 0.25) is 0 Å². The molecule has 0 aromatic heterocycles. The molecule has 4 saturated carbocycles. The van der Waals surface area contributed by atoms with Gasteiger partial charge in [-0.15, -0.1) is 0 Å². The van der Waals surface area contributed by atoms with Crippen LogP contribution in [0, 0.1) is 40.4 Å². The van der Waals surface area contributed by atoms with Crippen LogP contribution in [0.25, 0.3) is 0 Å². The van der Waals surface area contributed by atoms with Gasteiger partial charge in [-0.1, -0.05) is 40.0 Å². The summed E-state index contributed by atoms with van der Waals surface area (Å²) in [5, 5.41) is 10.7.